The summed E-state index contributed by atoms with van der Waals surface area (Å²) < 4.78 is 4.76. The number of amides is 2. The molecule has 0 unspecified atom stereocenters. The van der Waals surface area contributed by atoms with Gasteiger partial charge in [0, 0.05) is 23.9 Å². The van der Waals surface area contributed by atoms with E-state index in [9.17, 15) is 14.4 Å². The molecule has 3 N–H and O–H groups in total. The van der Waals surface area contributed by atoms with Crippen molar-refractivity contribution in [1.29, 1.82) is 0 Å². The molecule has 132 valence electrons. The van der Waals surface area contributed by atoms with Gasteiger partial charge in [-0.3, -0.25) is 19.4 Å². The van der Waals surface area contributed by atoms with Gasteiger partial charge in [-0.25, -0.2) is 0 Å². The molecule has 1 aromatic heterocycles. The minimum Gasteiger partial charge on any atom is -0.466 e. The van der Waals surface area contributed by atoms with E-state index in [1.54, 1.807) is 13.0 Å². The second-order valence-corrected chi connectivity index (χ2v) is 5.53. The van der Waals surface area contributed by atoms with Gasteiger partial charge >= 0.3 is 5.97 Å². The maximum Gasteiger partial charge on any atom is 0.306 e. The highest BCUT2D eigenvalue weighted by Crippen LogP contribution is 2.13. The van der Waals surface area contributed by atoms with Gasteiger partial charge in [0.15, 0.2) is 0 Å². The first kappa shape index (κ1) is 18.4. The van der Waals surface area contributed by atoms with Crippen molar-refractivity contribution in [2.24, 2.45) is 5.73 Å². The molecule has 0 aliphatic heterocycles. The number of nitrogens with zero attached hydrogens (tertiary/aromatic N) is 1. The summed E-state index contributed by atoms with van der Waals surface area (Å²) in [6.45, 7) is 1.95. The standard InChI is InChI=1S/C18H21N3O4/c1-2-25-17(23)10-9-16(22)21-15(18(19)24)11-13-8-7-12-5-3-4-6-14(12)20-13/h3-8,15H,2,9-11H2,1H3,(H2,19,24)(H,21,22)/t15-/m1/s1. The fourth-order valence-corrected chi connectivity index (χ4v) is 2.37. The molecular formula is C18H21N3O4. The van der Waals surface area contributed by atoms with Crippen LogP contribution in [0.2, 0.25) is 0 Å². The number of carbonyl (C=O) groups is 3. The number of nitrogens with one attached hydrogen (secondary N) is 1. The van der Waals surface area contributed by atoms with Crippen molar-refractivity contribution >= 4 is 28.7 Å². The van der Waals surface area contributed by atoms with Gasteiger partial charge in [0.25, 0.3) is 0 Å². The Labute approximate surface area is 145 Å². The zero-order valence-corrected chi connectivity index (χ0v) is 14.0. The molecule has 7 heteroatoms. The molecule has 0 aliphatic carbocycles. The summed E-state index contributed by atoms with van der Waals surface area (Å²) in [6.07, 6.45) is 0.0818. The Kier molecular flexibility index (Phi) is 6.45. The average molecular weight is 343 g/mol. The smallest absolute Gasteiger partial charge is 0.306 e. The van der Waals surface area contributed by atoms with Crippen molar-refractivity contribution in [2.75, 3.05) is 6.61 Å². The highest BCUT2D eigenvalue weighted by molar-refractivity contribution is 5.88. The van der Waals surface area contributed by atoms with Crippen molar-refractivity contribution < 1.29 is 19.1 Å². The van der Waals surface area contributed by atoms with E-state index in [1.165, 1.54) is 0 Å². The SMILES string of the molecule is CCOC(=O)CCC(=O)N[C@H](Cc1ccc2ccccc2n1)C(N)=O. The van der Waals surface area contributed by atoms with Crippen LogP contribution in [0, 0.1) is 0 Å². The van der Waals surface area contributed by atoms with Crippen LogP contribution < -0.4 is 11.1 Å². The number of nitrogens with two attached hydrogens (primary N) is 1. The number of ether oxygens (including phenoxy) is 1. The van der Waals surface area contributed by atoms with Gasteiger partial charge in [-0.05, 0) is 19.1 Å². The maximum atomic E-state index is 11.9. The van der Waals surface area contributed by atoms with Gasteiger partial charge in [-0.1, -0.05) is 24.3 Å². The molecule has 25 heavy (non-hydrogen) atoms. The highest BCUT2D eigenvalue weighted by atomic mass is 16.5. The third kappa shape index (κ3) is 5.56. The largest absolute Gasteiger partial charge is 0.466 e. The van der Waals surface area contributed by atoms with E-state index in [2.05, 4.69) is 10.3 Å². The third-order valence-corrected chi connectivity index (χ3v) is 3.61. The fourth-order valence-electron chi connectivity index (χ4n) is 2.37. The van der Waals surface area contributed by atoms with E-state index < -0.39 is 23.8 Å². The third-order valence-electron chi connectivity index (χ3n) is 3.61. The van der Waals surface area contributed by atoms with Gasteiger partial charge in [-0.2, -0.15) is 0 Å². The molecular weight excluding hydrogens is 322 g/mol. The van der Waals surface area contributed by atoms with E-state index in [1.807, 2.05) is 30.3 Å². The molecule has 7 nitrogen and oxygen atoms in total. The zero-order valence-electron chi connectivity index (χ0n) is 14.0. The molecule has 0 radical (unpaired) electrons. The van der Waals surface area contributed by atoms with Crippen molar-refractivity contribution in [3.8, 4) is 0 Å². The molecule has 0 spiro atoms. The number of aromatic nitrogens is 1. The number of hydrogen-bond donors (Lipinski definition) is 2. The summed E-state index contributed by atoms with van der Waals surface area (Å²) in [7, 11) is 0. The van der Waals surface area contributed by atoms with E-state index in [-0.39, 0.29) is 25.9 Å². The lowest BCUT2D eigenvalue weighted by molar-refractivity contribution is -0.144. The van der Waals surface area contributed by atoms with Crippen LogP contribution in [0.25, 0.3) is 10.9 Å². The van der Waals surface area contributed by atoms with E-state index in [4.69, 9.17) is 10.5 Å². The Hall–Kier alpha value is -2.96. The minimum atomic E-state index is -0.886. The number of pyridine rings is 1. The van der Waals surface area contributed by atoms with Gasteiger partial charge in [0.2, 0.25) is 11.8 Å². The normalized spacial score (nSPS) is 11.7. The summed E-state index contributed by atoms with van der Waals surface area (Å²) in [6, 6.07) is 10.4. The van der Waals surface area contributed by atoms with Gasteiger partial charge in [0.1, 0.15) is 6.04 Å². The molecule has 0 saturated carbocycles. The molecule has 0 aliphatic rings. The average Bonchev–Trinajstić information content (AvgIpc) is 2.59. The van der Waals surface area contributed by atoms with Crippen LogP contribution in [-0.2, 0) is 25.5 Å². The van der Waals surface area contributed by atoms with Gasteiger partial charge in [0.05, 0.1) is 18.5 Å². The number of fused-ring (bicyclic) bond motifs is 1. The summed E-state index contributed by atoms with van der Waals surface area (Å²) in [5, 5.41) is 3.54. The van der Waals surface area contributed by atoms with Crippen LogP contribution in [0.1, 0.15) is 25.5 Å². The maximum absolute atomic E-state index is 11.9. The molecule has 0 fully saturated rings. The number of esters is 1. The van der Waals surface area contributed by atoms with Crippen molar-refractivity contribution in [1.82, 2.24) is 10.3 Å². The monoisotopic (exact) mass is 343 g/mol. The molecule has 1 heterocycles. The molecule has 2 rings (SSSR count). The Bertz CT molecular complexity index is 776. The Morgan fingerprint density at radius 2 is 1.92 bits per heavy atom. The first-order chi connectivity index (χ1) is 12.0. The predicted octanol–water partition coefficient (Wildman–Crippen LogP) is 1.09. The zero-order chi connectivity index (χ0) is 18.2. The Morgan fingerprint density at radius 3 is 2.64 bits per heavy atom. The summed E-state index contributed by atoms with van der Waals surface area (Å²) >= 11 is 0. The Morgan fingerprint density at radius 1 is 1.16 bits per heavy atom. The number of primary amides is 1. The summed E-state index contributed by atoms with van der Waals surface area (Å²) in [4.78, 5) is 39.3. The molecule has 0 bridgehead atoms. The lowest BCUT2D eigenvalue weighted by Crippen LogP contribution is -2.46. The van der Waals surface area contributed by atoms with Crippen LogP contribution in [0.3, 0.4) is 0 Å². The predicted molar refractivity (Wildman–Crippen MR) is 92.4 cm³/mol. The molecule has 1 aromatic carbocycles. The fraction of sp³-hybridized carbons (Fsp3) is 0.333. The van der Waals surface area contributed by atoms with Crippen LogP contribution >= 0.6 is 0 Å². The lowest BCUT2D eigenvalue weighted by atomic mass is 10.1. The first-order valence-corrected chi connectivity index (χ1v) is 8.08. The topological polar surface area (TPSA) is 111 Å². The molecule has 1 atom stereocenters. The molecule has 2 amide bonds. The highest BCUT2D eigenvalue weighted by Gasteiger charge is 2.20. The second kappa shape index (κ2) is 8.77. The van der Waals surface area contributed by atoms with Crippen LogP contribution in [0.15, 0.2) is 36.4 Å². The van der Waals surface area contributed by atoms with Crippen LogP contribution in [0.5, 0.6) is 0 Å². The second-order valence-electron chi connectivity index (χ2n) is 5.53. The van der Waals surface area contributed by atoms with Gasteiger partial charge < -0.3 is 15.8 Å². The summed E-state index contributed by atoms with van der Waals surface area (Å²) in [5.41, 5.74) is 6.83. The summed E-state index contributed by atoms with van der Waals surface area (Å²) in [5.74, 6) is -1.54. The van der Waals surface area contributed by atoms with Crippen molar-refractivity contribution in [2.45, 2.75) is 32.2 Å². The number of para-hydroxylation sites is 1. The quantitative estimate of drug-likeness (QED) is 0.697. The van der Waals surface area contributed by atoms with Crippen molar-refractivity contribution in [3.05, 3.63) is 42.1 Å². The number of rotatable bonds is 8. The number of benzene rings is 1. The molecule has 0 saturated heterocycles. The van der Waals surface area contributed by atoms with E-state index in [0.717, 1.165) is 10.9 Å². The first-order valence-electron chi connectivity index (χ1n) is 8.08. The minimum absolute atomic E-state index is 0.0423. The van der Waals surface area contributed by atoms with Crippen LogP contribution in [-0.4, -0.2) is 35.4 Å². The number of carbonyl (C=O) groups excluding carboxylic acids is 3. The van der Waals surface area contributed by atoms with Crippen molar-refractivity contribution in [3.63, 3.8) is 0 Å². The van der Waals surface area contributed by atoms with Crippen LogP contribution in [0.4, 0.5) is 0 Å². The van der Waals surface area contributed by atoms with Gasteiger partial charge in [-0.15, -0.1) is 0 Å². The molecule has 2 aromatic rings. The number of hydrogen-bond acceptors (Lipinski definition) is 5. The van der Waals surface area contributed by atoms with E-state index >= 15 is 0 Å². The van der Waals surface area contributed by atoms with E-state index in [0.29, 0.717) is 5.69 Å². The lowest BCUT2D eigenvalue weighted by Gasteiger charge is -2.15. The Balaban J connectivity index is 1.98.